The molecule has 0 aliphatic carbocycles. The summed E-state index contributed by atoms with van der Waals surface area (Å²) in [5, 5.41) is 6.29. The molecule has 9 nitrogen and oxygen atoms in total. The van der Waals surface area contributed by atoms with Crippen LogP contribution in [0.15, 0.2) is 48.7 Å². The number of nitrogens with zero attached hydrogens (tertiary/aromatic N) is 4. The maximum Gasteiger partial charge on any atom is 0.237 e. The van der Waals surface area contributed by atoms with Gasteiger partial charge in [-0.1, -0.05) is 6.07 Å². The lowest BCUT2D eigenvalue weighted by Gasteiger charge is -2.34. The third-order valence-electron chi connectivity index (χ3n) is 6.20. The standard InChI is InChI=1S/C26H34FN7O2S/c1-18-17-28-25(30-20-9-10-23(22(27)16-20)34-13-11-33(5)12-14-34)31-24(18)29-19-7-6-8-21(15-19)32-37(35,36)26(2,3)4/h6-10,15-17,32H,11-14H2,1-5H3,(H2,28,29,30,31). The van der Waals surface area contributed by atoms with E-state index in [9.17, 15) is 12.8 Å². The molecular formula is C26H34FN7O2S. The lowest BCUT2D eigenvalue weighted by molar-refractivity contribution is 0.311. The number of rotatable bonds is 7. The molecule has 0 unspecified atom stereocenters. The smallest absolute Gasteiger partial charge is 0.237 e. The Bertz CT molecular complexity index is 1370. The van der Waals surface area contributed by atoms with Gasteiger partial charge in [-0.2, -0.15) is 4.98 Å². The molecule has 4 rings (SSSR count). The van der Waals surface area contributed by atoms with Crippen LogP contribution in [0, 0.1) is 12.7 Å². The second-order valence-corrected chi connectivity index (χ2v) is 12.7. The zero-order valence-electron chi connectivity index (χ0n) is 21.8. The zero-order valence-corrected chi connectivity index (χ0v) is 22.7. The average molecular weight is 528 g/mol. The van der Waals surface area contributed by atoms with Crippen molar-refractivity contribution >= 4 is 44.5 Å². The number of anilines is 6. The second-order valence-electron chi connectivity index (χ2n) is 10.2. The van der Waals surface area contributed by atoms with Gasteiger partial charge in [0.25, 0.3) is 0 Å². The van der Waals surface area contributed by atoms with Crippen LogP contribution in [0.3, 0.4) is 0 Å². The van der Waals surface area contributed by atoms with Crippen molar-refractivity contribution in [2.45, 2.75) is 32.4 Å². The largest absolute Gasteiger partial charge is 0.367 e. The summed E-state index contributed by atoms with van der Waals surface area (Å²) in [5.41, 5.74) is 3.03. The van der Waals surface area contributed by atoms with Gasteiger partial charge < -0.3 is 20.4 Å². The number of aryl methyl sites for hydroxylation is 1. The fourth-order valence-electron chi connectivity index (χ4n) is 3.75. The molecule has 3 N–H and O–H groups in total. The Morgan fingerprint density at radius 1 is 0.946 bits per heavy atom. The monoisotopic (exact) mass is 527 g/mol. The van der Waals surface area contributed by atoms with Gasteiger partial charge in [-0.3, -0.25) is 4.72 Å². The topological polar surface area (TPSA) is 102 Å². The highest BCUT2D eigenvalue weighted by molar-refractivity contribution is 7.94. The third kappa shape index (κ3) is 6.47. The molecule has 1 fully saturated rings. The Hall–Kier alpha value is -3.44. The summed E-state index contributed by atoms with van der Waals surface area (Å²) in [7, 11) is -1.49. The lowest BCUT2D eigenvalue weighted by atomic mass is 10.2. The number of benzene rings is 2. The number of hydrogen-bond acceptors (Lipinski definition) is 8. The van der Waals surface area contributed by atoms with Crippen LogP contribution in [-0.4, -0.2) is 61.3 Å². The molecule has 37 heavy (non-hydrogen) atoms. The van der Waals surface area contributed by atoms with E-state index in [1.807, 2.05) is 19.1 Å². The molecule has 3 aromatic rings. The molecular weight excluding hydrogens is 493 g/mol. The highest BCUT2D eigenvalue weighted by Gasteiger charge is 2.29. The van der Waals surface area contributed by atoms with Crippen LogP contribution in [-0.2, 0) is 10.0 Å². The quantitative estimate of drug-likeness (QED) is 0.406. The zero-order chi connectivity index (χ0) is 26.8. The Morgan fingerprint density at radius 2 is 1.62 bits per heavy atom. The molecule has 0 atom stereocenters. The van der Waals surface area contributed by atoms with Crippen molar-refractivity contribution in [3.05, 3.63) is 60.0 Å². The summed E-state index contributed by atoms with van der Waals surface area (Å²) >= 11 is 0. The summed E-state index contributed by atoms with van der Waals surface area (Å²) in [4.78, 5) is 13.2. The van der Waals surface area contributed by atoms with E-state index >= 15 is 0 Å². The first-order valence-corrected chi connectivity index (χ1v) is 13.6. The van der Waals surface area contributed by atoms with Gasteiger partial charge in [0, 0.05) is 49.3 Å². The summed E-state index contributed by atoms with van der Waals surface area (Å²) in [5.74, 6) is 0.557. The minimum absolute atomic E-state index is 0.297. The fourth-order valence-corrected chi connectivity index (χ4v) is 4.50. The van der Waals surface area contributed by atoms with Gasteiger partial charge in [0.15, 0.2) is 0 Å². The van der Waals surface area contributed by atoms with Crippen molar-refractivity contribution in [3.63, 3.8) is 0 Å². The molecule has 2 aromatic carbocycles. The van der Waals surface area contributed by atoms with E-state index in [1.165, 1.54) is 6.07 Å². The fraction of sp³-hybridized carbons (Fsp3) is 0.385. The van der Waals surface area contributed by atoms with Gasteiger partial charge in [0.05, 0.1) is 16.1 Å². The Balaban J connectivity index is 1.48. The highest BCUT2D eigenvalue weighted by atomic mass is 32.2. The first-order chi connectivity index (χ1) is 17.4. The number of halogens is 1. The minimum Gasteiger partial charge on any atom is -0.367 e. The van der Waals surface area contributed by atoms with Gasteiger partial charge in [-0.15, -0.1) is 0 Å². The number of aromatic nitrogens is 2. The van der Waals surface area contributed by atoms with E-state index in [0.29, 0.717) is 34.5 Å². The normalized spacial score (nSPS) is 14.9. The maximum absolute atomic E-state index is 14.9. The van der Waals surface area contributed by atoms with Crippen molar-refractivity contribution in [1.29, 1.82) is 0 Å². The summed E-state index contributed by atoms with van der Waals surface area (Å²) < 4.78 is 41.6. The van der Waals surface area contributed by atoms with Crippen LogP contribution in [0.4, 0.5) is 38.9 Å². The Labute approximate surface area is 218 Å². The summed E-state index contributed by atoms with van der Waals surface area (Å²) in [6, 6.07) is 12.0. The molecule has 1 aliphatic heterocycles. The minimum atomic E-state index is -3.56. The van der Waals surface area contributed by atoms with E-state index in [0.717, 1.165) is 31.7 Å². The molecule has 1 aromatic heterocycles. The Kier molecular flexibility index (Phi) is 7.56. The molecule has 0 saturated carbocycles. The van der Waals surface area contributed by atoms with Gasteiger partial charge >= 0.3 is 0 Å². The average Bonchev–Trinajstić information content (AvgIpc) is 2.81. The van der Waals surface area contributed by atoms with Crippen molar-refractivity contribution in [1.82, 2.24) is 14.9 Å². The first-order valence-electron chi connectivity index (χ1n) is 12.1. The van der Waals surface area contributed by atoms with Crippen molar-refractivity contribution in [2.24, 2.45) is 0 Å². The third-order valence-corrected chi connectivity index (χ3v) is 8.32. The molecule has 198 valence electrons. The van der Waals surface area contributed by atoms with Crippen LogP contribution in [0.25, 0.3) is 0 Å². The predicted octanol–water partition coefficient (Wildman–Crippen LogP) is 4.70. The highest BCUT2D eigenvalue weighted by Crippen LogP contribution is 2.27. The Morgan fingerprint density at radius 3 is 2.30 bits per heavy atom. The molecule has 0 radical (unpaired) electrons. The van der Waals surface area contributed by atoms with E-state index in [4.69, 9.17) is 0 Å². The molecule has 0 spiro atoms. The van der Waals surface area contributed by atoms with E-state index in [1.54, 1.807) is 51.2 Å². The van der Waals surface area contributed by atoms with Gasteiger partial charge in [0.1, 0.15) is 11.6 Å². The molecule has 0 bridgehead atoms. The van der Waals surface area contributed by atoms with E-state index < -0.39 is 14.8 Å². The summed E-state index contributed by atoms with van der Waals surface area (Å²) in [6.07, 6.45) is 1.67. The van der Waals surface area contributed by atoms with Crippen LogP contribution in [0.5, 0.6) is 0 Å². The molecule has 0 amide bonds. The number of likely N-dealkylation sites (N-methyl/N-ethyl adjacent to an activating group) is 1. The number of sulfonamides is 1. The number of nitrogens with one attached hydrogen (secondary N) is 3. The van der Waals surface area contributed by atoms with Gasteiger partial charge in [-0.25, -0.2) is 17.8 Å². The molecule has 2 heterocycles. The SMILES string of the molecule is Cc1cnc(Nc2ccc(N3CCN(C)CC3)c(F)c2)nc1Nc1cccc(NS(=O)(=O)C(C)(C)C)c1. The van der Waals surface area contributed by atoms with Crippen molar-refractivity contribution in [2.75, 3.05) is 53.5 Å². The van der Waals surface area contributed by atoms with Crippen LogP contribution < -0.4 is 20.3 Å². The predicted molar refractivity (Wildman–Crippen MR) is 148 cm³/mol. The van der Waals surface area contributed by atoms with Crippen LogP contribution in [0.1, 0.15) is 26.3 Å². The first kappa shape index (κ1) is 26.6. The molecule has 11 heteroatoms. The summed E-state index contributed by atoms with van der Waals surface area (Å²) in [6.45, 7) is 10.2. The maximum atomic E-state index is 14.9. The van der Waals surface area contributed by atoms with Crippen LogP contribution in [0.2, 0.25) is 0 Å². The number of hydrogen-bond donors (Lipinski definition) is 3. The van der Waals surface area contributed by atoms with Crippen molar-refractivity contribution < 1.29 is 12.8 Å². The van der Waals surface area contributed by atoms with E-state index in [2.05, 4.69) is 42.2 Å². The second kappa shape index (κ2) is 10.5. The van der Waals surface area contributed by atoms with Crippen molar-refractivity contribution in [3.8, 4) is 0 Å². The number of piperazine rings is 1. The molecule has 1 saturated heterocycles. The van der Waals surface area contributed by atoms with E-state index in [-0.39, 0.29) is 5.82 Å². The van der Waals surface area contributed by atoms with Gasteiger partial charge in [0.2, 0.25) is 16.0 Å². The lowest BCUT2D eigenvalue weighted by Crippen LogP contribution is -2.44. The molecule has 1 aliphatic rings. The van der Waals surface area contributed by atoms with Crippen LogP contribution >= 0.6 is 0 Å². The van der Waals surface area contributed by atoms with Gasteiger partial charge in [-0.05, 0) is 71.1 Å².